The van der Waals surface area contributed by atoms with Crippen LogP contribution in [0.5, 0.6) is 5.75 Å². The van der Waals surface area contributed by atoms with Crippen LogP contribution in [-0.2, 0) is 27.9 Å². The molecule has 0 saturated carbocycles. The van der Waals surface area contributed by atoms with Crippen LogP contribution in [0.2, 0.25) is 0 Å². The molecular weight excluding hydrogens is 350 g/mol. The van der Waals surface area contributed by atoms with Crippen LogP contribution < -0.4 is 4.74 Å². The summed E-state index contributed by atoms with van der Waals surface area (Å²) >= 11 is 0. The molecule has 0 unspecified atom stereocenters. The molecule has 1 saturated heterocycles. The molecule has 0 aliphatic carbocycles. The van der Waals surface area contributed by atoms with E-state index in [0.29, 0.717) is 43.9 Å². The van der Waals surface area contributed by atoms with Crippen molar-refractivity contribution in [3.05, 3.63) is 33.4 Å². The summed E-state index contributed by atoms with van der Waals surface area (Å²) in [7, 11) is -3.20. The fraction of sp³-hybridized carbons (Fsp3) is 0.600. The van der Waals surface area contributed by atoms with Crippen molar-refractivity contribution in [1.82, 2.24) is 9.21 Å². The number of benzene rings is 1. The smallest absolute Gasteiger partial charge is 0.270 e. The van der Waals surface area contributed by atoms with Crippen LogP contribution in [0.3, 0.4) is 0 Å². The first kappa shape index (κ1) is 18.1. The fourth-order valence-corrected chi connectivity index (χ4v) is 4.06. The van der Waals surface area contributed by atoms with Crippen LogP contribution in [0.1, 0.15) is 17.5 Å². The third kappa shape index (κ3) is 4.27. The summed E-state index contributed by atoms with van der Waals surface area (Å²) in [5.74, 6) is 0.640. The second-order valence-electron chi connectivity index (χ2n) is 6.25. The molecule has 0 spiro atoms. The zero-order valence-corrected chi connectivity index (χ0v) is 14.8. The quantitative estimate of drug-likeness (QED) is 0.573. The first-order valence-corrected chi connectivity index (χ1v) is 9.87. The van der Waals surface area contributed by atoms with Crippen LogP contribution in [0, 0.1) is 10.1 Å². The monoisotopic (exact) mass is 371 g/mol. The third-order valence-corrected chi connectivity index (χ3v) is 5.70. The van der Waals surface area contributed by atoms with Gasteiger partial charge in [0.25, 0.3) is 5.69 Å². The molecule has 2 heterocycles. The van der Waals surface area contributed by atoms with Gasteiger partial charge in [-0.2, -0.15) is 0 Å². The molecular formula is C15H21N3O6S. The van der Waals surface area contributed by atoms with Crippen molar-refractivity contribution in [3.63, 3.8) is 0 Å². The average molecular weight is 371 g/mol. The molecule has 1 aromatic rings. The zero-order chi connectivity index (χ0) is 18.0. The number of nitro groups is 1. The maximum Gasteiger partial charge on any atom is 0.270 e. The predicted octanol–water partition coefficient (Wildman–Crippen LogP) is 0.929. The molecule has 2 aliphatic rings. The number of rotatable bonds is 4. The van der Waals surface area contributed by atoms with Crippen LogP contribution >= 0.6 is 0 Å². The minimum atomic E-state index is -3.20. The first-order chi connectivity index (χ1) is 11.8. The number of sulfonamides is 1. The maximum atomic E-state index is 11.7. The van der Waals surface area contributed by atoms with E-state index < -0.39 is 14.9 Å². The van der Waals surface area contributed by atoms with Gasteiger partial charge in [0.2, 0.25) is 10.0 Å². The number of hydrogen-bond acceptors (Lipinski definition) is 7. The van der Waals surface area contributed by atoms with Crippen molar-refractivity contribution in [2.45, 2.75) is 19.6 Å². The van der Waals surface area contributed by atoms with Crippen molar-refractivity contribution in [3.8, 4) is 5.75 Å². The van der Waals surface area contributed by atoms with Crippen molar-refractivity contribution in [2.24, 2.45) is 0 Å². The van der Waals surface area contributed by atoms with Gasteiger partial charge in [0.15, 0.2) is 6.79 Å². The van der Waals surface area contributed by atoms with Gasteiger partial charge in [-0.15, -0.1) is 0 Å². The lowest BCUT2D eigenvalue weighted by molar-refractivity contribution is -0.385. The molecule has 10 heteroatoms. The second kappa shape index (κ2) is 7.24. The highest BCUT2D eigenvalue weighted by molar-refractivity contribution is 7.88. The highest BCUT2D eigenvalue weighted by Crippen LogP contribution is 2.33. The van der Waals surface area contributed by atoms with E-state index in [1.54, 1.807) is 0 Å². The number of non-ortho nitro benzene ring substituents is 1. The fourth-order valence-electron chi connectivity index (χ4n) is 3.18. The van der Waals surface area contributed by atoms with E-state index in [2.05, 4.69) is 4.90 Å². The normalized spacial score (nSPS) is 19.7. The largest absolute Gasteiger partial charge is 0.467 e. The molecule has 0 N–H and O–H groups in total. The van der Waals surface area contributed by atoms with E-state index >= 15 is 0 Å². The summed E-state index contributed by atoms with van der Waals surface area (Å²) < 4.78 is 35.7. The van der Waals surface area contributed by atoms with E-state index in [1.165, 1.54) is 22.7 Å². The Hall–Kier alpha value is -1.75. The predicted molar refractivity (Wildman–Crippen MR) is 89.7 cm³/mol. The Labute approximate surface area is 146 Å². The van der Waals surface area contributed by atoms with Gasteiger partial charge in [0.05, 0.1) is 17.8 Å². The van der Waals surface area contributed by atoms with Gasteiger partial charge in [-0.05, 0) is 13.0 Å². The van der Waals surface area contributed by atoms with Gasteiger partial charge >= 0.3 is 0 Å². The molecule has 1 fully saturated rings. The van der Waals surface area contributed by atoms with Crippen molar-refractivity contribution < 1.29 is 22.8 Å². The van der Waals surface area contributed by atoms with E-state index in [4.69, 9.17) is 9.47 Å². The van der Waals surface area contributed by atoms with E-state index in [-0.39, 0.29) is 19.1 Å². The SMILES string of the molecule is CS(=O)(=O)N1CCCN(Cc2cc([N+](=O)[O-])cc3c2OCOC3)CC1. The van der Waals surface area contributed by atoms with Gasteiger partial charge in [-0.25, -0.2) is 12.7 Å². The van der Waals surface area contributed by atoms with Gasteiger partial charge in [0.1, 0.15) is 5.75 Å². The molecule has 0 atom stereocenters. The molecule has 9 nitrogen and oxygen atoms in total. The summed E-state index contributed by atoms with van der Waals surface area (Å²) in [4.78, 5) is 12.9. The molecule has 0 radical (unpaired) electrons. The van der Waals surface area contributed by atoms with E-state index in [9.17, 15) is 18.5 Å². The summed E-state index contributed by atoms with van der Waals surface area (Å²) in [5.41, 5.74) is 1.42. The van der Waals surface area contributed by atoms with Crippen LogP contribution in [0.15, 0.2) is 12.1 Å². The zero-order valence-electron chi connectivity index (χ0n) is 14.0. The standard InChI is InChI=1S/C15H21N3O6S/c1-25(21,22)17-4-2-3-16(5-6-17)9-12-7-14(18(19)20)8-13-10-23-11-24-15(12)13/h7-8H,2-6,9-11H2,1H3. The van der Waals surface area contributed by atoms with Crippen LogP contribution in [0.4, 0.5) is 5.69 Å². The minimum Gasteiger partial charge on any atom is -0.467 e. The summed E-state index contributed by atoms with van der Waals surface area (Å²) in [6, 6.07) is 3.01. The number of hydrogen-bond donors (Lipinski definition) is 0. The Morgan fingerprint density at radius 2 is 2.04 bits per heavy atom. The molecule has 138 valence electrons. The Bertz CT molecular complexity index is 767. The number of nitrogens with zero attached hydrogens (tertiary/aromatic N) is 3. The van der Waals surface area contributed by atoms with E-state index in [0.717, 1.165) is 12.1 Å². The van der Waals surface area contributed by atoms with Crippen molar-refractivity contribution in [2.75, 3.05) is 39.2 Å². The molecule has 0 bridgehead atoms. The lowest BCUT2D eigenvalue weighted by Crippen LogP contribution is -2.34. The Balaban J connectivity index is 1.80. The Morgan fingerprint density at radius 1 is 1.24 bits per heavy atom. The molecule has 3 rings (SSSR count). The topological polar surface area (TPSA) is 102 Å². The second-order valence-corrected chi connectivity index (χ2v) is 8.24. The summed E-state index contributed by atoms with van der Waals surface area (Å²) in [6.45, 7) is 3.08. The molecule has 1 aromatic carbocycles. The molecule has 25 heavy (non-hydrogen) atoms. The highest BCUT2D eigenvalue weighted by Gasteiger charge is 2.25. The van der Waals surface area contributed by atoms with Crippen LogP contribution in [-0.4, -0.2) is 61.8 Å². The molecule has 0 aromatic heterocycles. The molecule has 0 amide bonds. The van der Waals surface area contributed by atoms with Crippen LogP contribution in [0.25, 0.3) is 0 Å². The van der Waals surface area contributed by atoms with Gasteiger partial charge < -0.3 is 9.47 Å². The Morgan fingerprint density at radius 3 is 2.76 bits per heavy atom. The van der Waals surface area contributed by atoms with Gasteiger partial charge in [0, 0.05) is 49.4 Å². The lowest BCUT2D eigenvalue weighted by Gasteiger charge is -2.25. The number of ether oxygens (including phenoxy) is 2. The van der Waals surface area contributed by atoms with Crippen molar-refractivity contribution >= 4 is 15.7 Å². The van der Waals surface area contributed by atoms with Gasteiger partial charge in [-0.3, -0.25) is 15.0 Å². The van der Waals surface area contributed by atoms with E-state index in [1.807, 2.05) is 0 Å². The summed E-state index contributed by atoms with van der Waals surface area (Å²) in [6.07, 6.45) is 1.93. The highest BCUT2D eigenvalue weighted by atomic mass is 32.2. The Kier molecular flexibility index (Phi) is 5.23. The average Bonchev–Trinajstić information content (AvgIpc) is 2.80. The third-order valence-electron chi connectivity index (χ3n) is 4.39. The van der Waals surface area contributed by atoms with Gasteiger partial charge in [-0.1, -0.05) is 0 Å². The number of nitro benzene ring substituents is 1. The lowest BCUT2D eigenvalue weighted by atomic mass is 10.1. The van der Waals surface area contributed by atoms with Crippen molar-refractivity contribution in [1.29, 1.82) is 0 Å². The summed E-state index contributed by atoms with van der Waals surface area (Å²) in [5, 5.41) is 11.2. The molecule has 2 aliphatic heterocycles. The maximum absolute atomic E-state index is 11.7. The first-order valence-electron chi connectivity index (χ1n) is 8.03. The minimum absolute atomic E-state index is 0.00966. The number of fused-ring (bicyclic) bond motifs is 1.